The Labute approximate surface area is 106 Å². The molecule has 0 saturated carbocycles. The summed E-state index contributed by atoms with van der Waals surface area (Å²) in [6.45, 7) is 0. The van der Waals surface area contributed by atoms with Crippen LogP contribution in [0.2, 0.25) is 0 Å². The van der Waals surface area contributed by atoms with Crippen LogP contribution in [-0.4, -0.2) is 17.1 Å². The fraction of sp³-hybridized carbons (Fsp3) is 0.286. The first kappa shape index (κ1) is 11.0. The highest BCUT2D eigenvalue weighted by Gasteiger charge is 2.18. The van der Waals surface area contributed by atoms with Crippen LogP contribution in [0.3, 0.4) is 0 Å². The number of aryl methyl sites for hydroxylation is 2. The topological polar surface area (TPSA) is 61.0 Å². The van der Waals surface area contributed by atoms with E-state index in [4.69, 9.17) is 10.5 Å². The maximum absolute atomic E-state index is 5.89. The molecule has 18 heavy (non-hydrogen) atoms. The van der Waals surface area contributed by atoms with Gasteiger partial charge in [0.1, 0.15) is 17.3 Å². The lowest BCUT2D eigenvalue weighted by Crippen LogP contribution is -1.99. The van der Waals surface area contributed by atoms with E-state index in [-0.39, 0.29) is 0 Å². The summed E-state index contributed by atoms with van der Waals surface area (Å²) in [5, 5.41) is 0. The number of nitrogens with two attached hydrogens (primary N) is 1. The number of methoxy groups -OCH3 is 1. The van der Waals surface area contributed by atoms with Gasteiger partial charge in [-0.05, 0) is 42.5 Å². The monoisotopic (exact) mass is 241 g/mol. The summed E-state index contributed by atoms with van der Waals surface area (Å²) in [6, 6.07) is 4.24. The second-order valence-electron chi connectivity index (χ2n) is 4.46. The Balaban J connectivity index is 2.20. The smallest absolute Gasteiger partial charge is 0.150 e. The molecule has 1 heterocycles. The van der Waals surface area contributed by atoms with E-state index in [2.05, 4.69) is 22.1 Å². The van der Waals surface area contributed by atoms with Gasteiger partial charge < -0.3 is 10.5 Å². The van der Waals surface area contributed by atoms with Gasteiger partial charge in [-0.2, -0.15) is 0 Å². The van der Waals surface area contributed by atoms with E-state index < -0.39 is 0 Å². The number of fused-ring (bicyclic) bond motifs is 1. The Hall–Kier alpha value is -2.10. The third-order valence-corrected chi connectivity index (χ3v) is 3.40. The zero-order valence-corrected chi connectivity index (χ0v) is 10.3. The van der Waals surface area contributed by atoms with Crippen molar-refractivity contribution in [3.8, 4) is 17.0 Å². The average Bonchev–Trinajstić information content (AvgIpc) is 2.85. The molecule has 92 valence electrons. The van der Waals surface area contributed by atoms with Gasteiger partial charge in [0.15, 0.2) is 0 Å². The van der Waals surface area contributed by atoms with E-state index in [1.54, 1.807) is 19.5 Å². The molecular formula is C14H15N3O. The number of ether oxygens (including phenoxy) is 1. The number of aromatic nitrogens is 2. The number of hydrogen-bond acceptors (Lipinski definition) is 4. The van der Waals surface area contributed by atoms with Crippen LogP contribution < -0.4 is 10.5 Å². The fourth-order valence-electron chi connectivity index (χ4n) is 2.51. The van der Waals surface area contributed by atoms with Crippen LogP contribution in [0.15, 0.2) is 24.5 Å². The van der Waals surface area contributed by atoms with Crippen molar-refractivity contribution in [2.75, 3.05) is 12.8 Å². The molecule has 4 heteroatoms. The molecule has 0 atom stereocenters. The molecule has 1 aromatic carbocycles. The molecule has 0 bridgehead atoms. The fourth-order valence-corrected chi connectivity index (χ4v) is 2.51. The van der Waals surface area contributed by atoms with Gasteiger partial charge in [-0.3, -0.25) is 4.98 Å². The number of benzene rings is 1. The van der Waals surface area contributed by atoms with Crippen LogP contribution in [0.25, 0.3) is 11.3 Å². The highest BCUT2D eigenvalue weighted by Crippen LogP contribution is 2.36. The lowest BCUT2D eigenvalue weighted by Gasteiger charge is -2.12. The Morgan fingerprint density at radius 3 is 2.56 bits per heavy atom. The number of anilines is 1. The Kier molecular flexibility index (Phi) is 2.63. The van der Waals surface area contributed by atoms with Crippen molar-refractivity contribution in [3.05, 3.63) is 35.7 Å². The van der Waals surface area contributed by atoms with Crippen molar-refractivity contribution in [3.63, 3.8) is 0 Å². The molecule has 1 aliphatic carbocycles. The third-order valence-electron chi connectivity index (χ3n) is 3.40. The highest BCUT2D eigenvalue weighted by molar-refractivity contribution is 5.76. The molecule has 0 unspecified atom stereocenters. The summed E-state index contributed by atoms with van der Waals surface area (Å²) in [7, 11) is 1.67. The molecule has 0 radical (unpaired) electrons. The number of nitrogen functional groups attached to an aromatic ring is 1. The molecule has 0 saturated heterocycles. The summed E-state index contributed by atoms with van der Waals surface area (Å²) in [4.78, 5) is 8.40. The lowest BCUT2D eigenvalue weighted by molar-refractivity contribution is 0.416. The van der Waals surface area contributed by atoms with Crippen LogP contribution in [-0.2, 0) is 12.8 Å². The summed E-state index contributed by atoms with van der Waals surface area (Å²) in [5.74, 6) is 1.26. The molecule has 0 spiro atoms. The Bertz CT molecular complexity index is 596. The molecule has 0 aliphatic heterocycles. The zero-order chi connectivity index (χ0) is 12.5. The van der Waals surface area contributed by atoms with Crippen LogP contribution in [0.1, 0.15) is 17.5 Å². The van der Waals surface area contributed by atoms with E-state index in [9.17, 15) is 0 Å². The molecular weight excluding hydrogens is 226 g/mol. The van der Waals surface area contributed by atoms with Crippen LogP contribution >= 0.6 is 0 Å². The maximum atomic E-state index is 5.89. The molecule has 1 aromatic heterocycles. The number of rotatable bonds is 2. The van der Waals surface area contributed by atoms with Gasteiger partial charge >= 0.3 is 0 Å². The van der Waals surface area contributed by atoms with E-state index in [0.29, 0.717) is 11.5 Å². The first-order valence-electron chi connectivity index (χ1n) is 6.06. The molecule has 2 aromatic rings. The van der Waals surface area contributed by atoms with Crippen LogP contribution in [0.5, 0.6) is 5.75 Å². The van der Waals surface area contributed by atoms with Gasteiger partial charge in [0, 0.05) is 18.0 Å². The summed E-state index contributed by atoms with van der Waals surface area (Å²) >= 11 is 0. The van der Waals surface area contributed by atoms with Gasteiger partial charge in [-0.15, -0.1) is 0 Å². The lowest BCUT2D eigenvalue weighted by atomic mass is 10.0. The third kappa shape index (κ3) is 1.70. The minimum atomic E-state index is 0.439. The maximum Gasteiger partial charge on any atom is 0.150 e. The molecule has 4 nitrogen and oxygen atoms in total. The predicted molar refractivity (Wildman–Crippen MR) is 70.5 cm³/mol. The van der Waals surface area contributed by atoms with Crippen LogP contribution in [0.4, 0.5) is 5.82 Å². The molecule has 2 N–H and O–H groups in total. The van der Waals surface area contributed by atoms with Gasteiger partial charge in [-0.25, -0.2) is 4.98 Å². The Morgan fingerprint density at radius 2 is 1.83 bits per heavy atom. The van der Waals surface area contributed by atoms with Gasteiger partial charge in [0.2, 0.25) is 0 Å². The van der Waals surface area contributed by atoms with Crippen LogP contribution in [0, 0.1) is 0 Å². The SMILES string of the molecule is COc1cc2c(cc1-c1nccnc1N)CCC2. The predicted octanol–water partition coefficient (Wildman–Crippen LogP) is 2.22. The van der Waals surface area contributed by atoms with Crippen molar-refractivity contribution in [2.24, 2.45) is 0 Å². The summed E-state index contributed by atoms with van der Waals surface area (Å²) < 4.78 is 5.46. The zero-order valence-electron chi connectivity index (χ0n) is 10.3. The summed E-state index contributed by atoms with van der Waals surface area (Å²) in [5.41, 5.74) is 10.3. The van der Waals surface area contributed by atoms with E-state index in [1.165, 1.54) is 17.5 Å². The molecule has 3 rings (SSSR count). The van der Waals surface area contributed by atoms with E-state index in [1.807, 2.05) is 0 Å². The van der Waals surface area contributed by atoms with Gasteiger partial charge in [0.25, 0.3) is 0 Å². The van der Waals surface area contributed by atoms with Gasteiger partial charge in [-0.1, -0.05) is 0 Å². The standard InChI is InChI=1S/C14H15N3O/c1-18-12-8-10-4-2-3-9(10)7-11(12)13-14(15)17-6-5-16-13/h5-8H,2-4H2,1H3,(H2,15,17). The highest BCUT2D eigenvalue weighted by atomic mass is 16.5. The van der Waals surface area contributed by atoms with Crippen molar-refractivity contribution in [1.82, 2.24) is 9.97 Å². The normalized spacial score (nSPS) is 13.4. The number of nitrogens with zero attached hydrogens (tertiary/aromatic N) is 2. The number of hydrogen-bond donors (Lipinski definition) is 1. The van der Waals surface area contributed by atoms with Crippen molar-refractivity contribution in [1.29, 1.82) is 0 Å². The second kappa shape index (κ2) is 4.29. The van der Waals surface area contributed by atoms with Crippen molar-refractivity contribution < 1.29 is 4.74 Å². The molecule has 0 fully saturated rings. The molecule has 1 aliphatic rings. The average molecular weight is 241 g/mol. The van der Waals surface area contributed by atoms with Crippen molar-refractivity contribution >= 4 is 5.82 Å². The quantitative estimate of drug-likeness (QED) is 0.875. The minimum Gasteiger partial charge on any atom is -0.496 e. The van der Waals surface area contributed by atoms with E-state index >= 15 is 0 Å². The largest absolute Gasteiger partial charge is 0.496 e. The first-order valence-corrected chi connectivity index (χ1v) is 6.06. The Morgan fingerprint density at radius 1 is 1.11 bits per heavy atom. The van der Waals surface area contributed by atoms with E-state index in [0.717, 1.165) is 24.2 Å². The minimum absolute atomic E-state index is 0.439. The first-order chi connectivity index (χ1) is 8.79. The summed E-state index contributed by atoms with van der Waals surface area (Å²) in [6.07, 6.45) is 6.70. The van der Waals surface area contributed by atoms with Gasteiger partial charge in [0.05, 0.1) is 7.11 Å². The van der Waals surface area contributed by atoms with Crippen molar-refractivity contribution in [2.45, 2.75) is 19.3 Å². The second-order valence-corrected chi connectivity index (χ2v) is 4.46. The molecule has 0 amide bonds.